The summed E-state index contributed by atoms with van der Waals surface area (Å²) in [7, 11) is -3.69. The van der Waals surface area contributed by atoms with Crippen LogP contribution >= 0.6 is 0 Å². The Morgan fingerprint density at radius 3 is 2.31 bits per heavy atom. The normalized spacial score (nSPS) is 11.2. The first kappa shape index (κ1) is 20.6. The summed E-state index contributed by atoms with van der Waals surface area (Å²) in [5, 5.41) is 9.03. The SMILES string of the molecule is CCN(Cc1ccc(OCc2ccccc2)cc1)S(=O)(=O)c1cccc(C#N)c1. The first-order valence-corrected chi connectivity index (χ1v) is 10.7. The standard InChI is InChI=1S/C23H22N2O3S/c1-2-25(29(26,27)23-10-6-9-21(15-23)16-24)17-19-11-13-22(14-12-19)28-18-20-7-4-3-5-8-20/h3-15H,2,17-18H2,1H3. The maximum absolute atomic E-state index is 13.0. The van der Waals surface area contributed by atoms with E-state index < -0.39 is 10.0 Å². The number of hydrogen-bond acceptors (Lipinski definition) is 4. The summed E-state index contributed by atoms with van der Waals surface area (Å²) in [5.74, 6) is 0.727. The minimum absolute atomic E-state index is 0.126. The van der Waals surface area contributed by atoms with Gasteiger partial charge in [0.05, 0.1) is 16.5 Å². The minimum atomic E-state index is -3.69. The van der Waals surface area contributed by atoms with Gasteiger partial charge in [-0.15, -0.1) is 0 Å². The van der Waals surface area contributed by atoms with Gasteiger partial charge in [-0.25, -0.2) is 8.42 Å². The molecule has 6 heteroatoms. The van der Waals surface area contributed by atoms with Crippen molar-refractivity contribution in [1.82, 2.24) is 4.31 Å². The summed E-state index contributed by atoms with van der Waals surface area (Å²) in [6.07, 6.45) is 0. The average molecular weight is 407 g/mol. The van der Waals surface area contributed by atoms with Crippen molar-refractivity contribution >= 4 is 10.0 Å². The molecule has 0 bridgehead atoms. The highest BCUT2D eigenvalue weighted by atomic mass is 32.2. The number of rotatable bonds is 8. The van der Waals surface area contributed by atoms with E-state index in [2.05, 4.69) is 0 Å². The molecule has 0 saturated heterocycles. The third-order valence-corrected chi connectivity index (χ3v) is 6.40. The lowest BCUT2D eigenvalue weighted by Crippen LogP contribution is -2.30. The average Bonchev–Trinajstić information content (AvgIpc) is 2.77. The Bertz CT molecular complexity index is 1090. The molecule has 5 nitrogen and oxygen atoms in total. The van der Waals surface area contributed by atoms with E-state index in [0.29, 0.717) is 18.7 Å². The van der Waals surface area contributed by atoms with Crippen molar-refractivity contribution in [1.29, 1.82) is 5.26 Å². The van der Waals surface area contributed by atoms with Crippen LogP contribution in [0.3, 0.4) is 0 Å². The summed E-state index contributed by atoms with van der Waals surface area (Å²) in [6.45, 7) is 2.84. The molecule has 0 N–H and O–H groups in total. The van der Waals surface area contributed by atoms with Gasteiger partial charge in [0.15, 0.2) is 0 Å². The molecule has 0 atom stereocenters. The van der Waals surface area contributed by atoms with E-state index in [1.807, 2.05) is 60.7 Å². The molecule has 0 unspecified atom stereocenters. The van der Waals surface area contributed by atoms with Crippen LogP contribution in [0.2, 0.25) is 0 Å². The van der Waals surface area contributed by atoms with Crippen LogP contribution in [-0.2, 0) is 23.2 Å². The fourth-order valence-electron chi connectivity index (χ4n) is 2.88. The molecule has 148 valence electrons. The first-order valence-electron chi connectivity index (χ1n) is 9.29. The predicted octanol–water partition coefficient (Wildman–Crippen LogP) is 4.35. The van der Waals surface area contributed by atoms with Gasteiger partial charge >= 0.3 is 0 Å². The summed E-state index contributed by atoms with van der Waals surface area (Å²) >= 11 is 0. The van der Waals surface area contributed by atoms with Crippen LogP contribution in [0.5, 0.6) is 5.75 Å². The van der Waals surface area contributed by atoms with Crippen molar-refractivity contribution in [3.05, 3.63) is 95.6 Å². The maximum Gasteiger partial charge on any atom is 0.243 e. The van der Waals surface area contributed by atoms with Crippen LogP contribution in [0, 0.1) is 11.3 Å². The Morgan fingerprint density at radius 2 is 1.66 bits per heavy atom. The third-order valence-electron chi connectivity index (χ3n) is 4.48. The second-order valence-electron chi connectivity index (χ2n) is 6.49. The minimum Gasteiger partial charge on any atom is -0.489 e. The Hall–Kier alpha value is -3.14. The Labute approximate surface area is 171 Å². The van der Waals surface area contributed by atoms with Crippen LogP contribution in [0.25, 0.3) is 0 Å². The molecule has 29 heavy (non-hydrogen) atoms. The summed E-state index contributed by atoms with van der Waals surface area (Å²) in [4.78, 5) is 0.126. The number of hydrogen-bond donors (Lipinski definition) is 0. The molecule has 0 aliphatic carbocycles. The lowest BCUT2D eigenvalue weighted by molar-refractivity contribution is 0.306. The van der Waals surface area contributed by atoms with Gasteiger partial charge in [-0.1, -0.05) is 55.5 Å². The molecule has 0 amide bonds. The smallest absolute Gasteiger partial charge is 0.243 e. The van der Waals surface area contributed by atoms with E-state index in [1.54, 1.807) is 19.1 Å². The van der Waals surface area contributed by atoms with Crippen LogP contribution in [0.4, 0.5) is 0 Å². The highest BCUT2D eigenvalue weighted by molar-refractivity contribution is 7.89. The first-order chi connectivity index (χ1) is 14.0. The zero-order valence-electron chi connectivity index (χ0n) is 16.2. The van der Waals surface area contributed by atoms with E-state index in [9.17, 15) is 8.42 Å². The zero-order chi connectivity index (χ0) is 20.7. The van der Waals surface area contributed by atoms with E-state index in [0.717, 1.165) is 16.9 Å². The molecule has 3 aromatic carbocycles. The van der Waals surface area contributed by atoms with Crippen LogP contribution in [0.1, 0.15) is 23.6 Å². The Kier molecular flexibility index (Phi) is 6.65. The molecular weight excluding hydrogens is 384 g/mol. The number of sulfonamides is 1. The quantitative estimate of drug-likeness (QED) is 0.558. The molecule has 0 aliphatic rings. The van der Waals surface area contributed by atoms with Gasteiger partial charge in [-0.05, 0) is 41.5 Å². The summed E-state index contributed by atoms with van der Waals surface area (Å²) < 4.78 is 33.1. The third kappa shape index (κ3) is 5.23. The number of nitriles is 1. The highest BCUT2D eigenvalue weighted by Crippen LogP contribution is 2.21. The van der Waals surface area contributed by atoms with Gasteiger partial charge in [-0.2, -0.15) is 9.57 Å². The number of ether oxygens (including phenoxy) is 1. The maximum atomic E-state index is 13.0. The number of nitrogens with zero attached hydrogens (tertiary/aromatic N) is 2. The largest absolute Gasteiger partial charge is 0.489 e. The second kappa shape index (κ2) is 9.37. The van der Waals surface area contributed by atoms with Gasteiger partial charge in [0.1, 0.15) is 12.4 Å². The van der Waals surface area contributed by atoms with Crippen molar-refractivity contribution in [2.24, 2.45) is 0 Å². The number of benzene rings is 3. The molecule has 3 rings (SSSR count). The molecule has 0 radical (unpaired) electrons. The topological polar surface area (TPSA) is 70.4 Å². The zero-order valence-corrected chi connectivity index (χ0v) is 17.0. The second-order valence-corrected chi connectivity index (χ2v) is 8.43. The fourth-order valence-corrected chi connectivity index (χ4v) is 4.36. The molecule has 0 heterocycles. The van der Waals surface area contributed by atoms with E-state index in [4.69, 9.17) is 10.00 Å². The molecule has 3 aromatic rings. The highest BCUT2D eigenvalue weighted by Gasteiger charge is 2.23. The van der Waals surface area contributed by atoms with Gasteiger partial charge in [0, 0.05) is 13.1 Å². The Balaban J connectivity index is 1.69. The van der Waals surface area contributed by atoms with Crippen LogP contribution in [-0.4, -0.2) is 19.3 Å². The van der Waals surface area contributed by atoms with E-state index in [-0.39, 0.29) is 11.4 Å². The van der Waals surface area contributed by atoms with Crippen molar-refractivity contribution in [2.45, 2.75) is 25.0 Å². The fraction of sp³-hybridized carbons (Fsp3) is 0.174. The molecular formula is C23H22N2O3S. The van der Waals surface area contributed by atoms with Gasteiger partial charge < -0.3 is 4.74 Å². The van der Waals surface area contributed by atoms with Crippen LogP contribution in [0.15, 0.2) is 83.8 Å². The van der Waals surface area contributed by atoms with E-state index >= 15 is 0 Å². The molecule has 0 spiro atoms. The predicted molar refractivity (Wildman–Crippen MR) is 112 cm³/mol. The molecule has 0 aliphatic heterocycles. The summed E-state index contributed by atoms with van der Waals surface area (Å²) in [6, 6.07) is 25.4. The Morgan fingerprint density at radius 1 is 0.931 bits per heavy atom. The van der Waals surface area contributed by atoms with Gasteiger partial charge in [0.2, 0.25) is 10.0 Å². The van der Waals surface area contributed by atoms with E-state index in [1.165, 1.54) is 16.4 Å². The van der Waals surface area contributed by atoms with Crippen molar-refractivity contribution in [3.63, 3.8) is 0 Å². The van der Waals surface area contributed by atoms with Crippen molar-refractivity contribution < 1.29 is 13.2 Å². The lowest BCUT2D eigenvalue weighted by atomic mass is 10.2. The van der Waals surface area contributed by atoms with Gasteiger partial charge in [0.25, 0.3) is 0 Å². The van der Waals surface area contributed by atoms with Crippen molar-refractivity contribution in [2.75, 3.05) is 6.54 Å². The monoisotopic (exact) mass is 406 g/mol. The molecule has 0 aromatic heterocycles. The molecule has 0 saturated carbocycles. The molecule has 0 fully saturated rings. The lowest BCUT2D eigenvalue weighted by Gasteiger charge is -2.21. The van der Waals surface area contributed by atoms with Gasteiger partial charge in [-0.3, -0.25) is 0 Å². The summed E-state index contributed by atoms with van der Waals surface area (Å²) in [5.41, 5.74) is 2.26. The van der Waals surface area contributed by atoms with Crippen LogP contribution < -0.4 is 4.74 Å². The van der Waals surface area contributed by atoms with Crippen molar-refractivity contribution in [3.8, 4) is 11.8 Å².